The third-order valence-corrected chi connectivity index (χ3v) is 3.60. The van der Waals surface area contributed by atoms with Gasteiger partial charge in [0, 0.05) is 18.5 Å². The van der Waals surface area contributed by atoms with E-state index in [4.69, 9.17) is 0 Å². The Labute approximate surface area is 115 Å². The second-order valence-corrected chi connectivity index (χ2v) is 5.85. The predicted octanol–water partition coefficient (Wildman–Crippen LogP) is 1.64. The molecule has 1 aromatic heterocycles. The first-order chi connectivity index (χ1) is 8.61. The number of aromatic nitrogens is 1. The van der Waals surface area contributed by atoms with Gasteiger partial charge in [-0.1, -0.05) is 6.92 Å². The molecular formula is C13H26N4S. The van der Waals surface area contributed by atoms with Crippen LogP contribution < -0.4 is 5.32 Å². The van der Waals surface area contributed by atoms with Crippen molar-refractivity contribution in [1.82, 2.24) is 20.1 Å². The molecule has 0 spiro atoms. The van der Waals surface area contributed by atoms with E-state index in [1.807, 2.05) is 0 Å². The van der Waals surface area contributed by atoms with Crippen molar-refractivity contribution in [3.05, 3.63) is 16.1 Å². The van der Waals surface area contributed by atoms with E-state index < -0.39 is 0 Å². The molecule has 104 valence electrons. The van der Waals surface area contributed by atoms with E-state index in [0.717, 1.165) is 32.7 Å². The van der Waals surface area contributed by atoms with Crippen molar-refractivity contribution in [2.75, 3.05) is 40.8 Å². The molecule has 0 fully saturated rings. The summed E-state index contributed by atoms with van der Waals surface area (Å²) in [5, 5.41) is 6.67. The Balaban J connectivity index is 2.26. The van der Waals surface area contributed by atoms with Gasteiger partial charge in [0.15, 0.2) is 0 Å². The molecule has 1 rings (SSSR count). The number of nitrogens with zero attached hydrogens (tertiary/aromatic N) is 3. The molecule has 0 radical (unpaired) electrons. The average Bonchev–Trinajstić information content (AvgIpc) is 2.73. The van der Waals surface area contributed by atoms with Crippen LogP contribution in [0.5, 0.6) is 0 Å². The van der Waals surface area contributed by atoms with Crippen molar-refractivity contribution in [2.24, 2.45) is 0 Å². The van der Waals surface area contributed by atoms with Crippen molar-refractivity contribution >= 4 is 11.3 Å². The Morgan fingerprint density at radius 1 is 1.28 bits per heavy atom. The molecule has 0 aromatic carbocycles. The minimum atomic E-state index is 0.894. The molecule has 0 saturated heterocycles. The standard InChI is InChI=1S/C13H26N4S/c1-5-14-9-13-15-12(11-18-13)10-17(4)8-6-7-16(2)3/h11,14H,5-10H2,1-4H3. The van der Waals surface area contributed by atoms with Gasteiger partial charge < -0.3 is 15.1 Å². The fraction of sp³-hybridized carbons (Fsp3) is 0.769. The number of hydrogen-bond donors (Lipinski definition) is 1. The summed E-state index contributed by atoms with van der Waals surface area (Å²) < 4.78 is 0. The third kappa shape index (κ3) is 6.44. The third-order valence-electron chi connectivity index (χ3n) is 2.70. The second-order valence-electron chi connectivity index (χ2n) is 4.91. The highest BCUT2D eigenvalue weighted by molar-refractivity contribution is 7.09. The van der Waals surface area contributed by atoms with E-state index >= 15 is 0 Å². The van der Waals surface area contributed by atoms with Gasteiger partial charge in [-0.15, -0.1) is 11.3 Å². The zero-order valence-corrected chi connectivity index (χ0v) is 12.9. The van der Waals surface area contributed by atoms with Crippen LogP contribution in [-0.4, -0.2) is 55.6 Å². The van der Waals surface area contributed by atoms with Crippen LogP contribution in [0.4, 0.5) is 0 Å². The summed E-state index contributed by atoms with van der Waals surface area (Å²) in [6.07, 6.45) is 1.21. The Bertz CT molecular complexity index is 325. The maximum absolute atomic E-state index is 4.63. The summed E-state index contributed by atoms with van der Waals surface area (Å²) in [4.78, 5) is 9.21. The molecule has 0 atom stereocenters. The number of hydrogen-bond acceptors (Lipinski definition) is 5. The number of rotatable bonds is 9. The molecule has 0 saturated carbocycles. The first kappa shape index (κ1) is 15.6. The largest absolute Gasteiger partial charge is 0.311 e. The lowest BCUT2D eigenvalue weighted by molar-refractivity contribution is 0.292. The van der Waals surface area contributed by atoms with E-state index in [0.29, 0.717) is 0 Å². The van der Waals surface area contributed by atoms with E-state index in [1.165, 1.54) is 17.1 Å². The van der Waals surface area contributed by atoms with Crippen LogP contribution in [0.3, 0.4) is 0 Å². The Morgan fingerprint density at radius 2 is 2.06 bits per heavy atom. The molecule has 0 unspecified atom stereocenters. The minimum Gasteiger partial charge on any atom is -0.311 e. The van der Waals surface area contributed by atoms with Crippen molar-refractivity contribution < 1.29 is 0 Å². The smallest absolute Gasteiger partial charge is 0.107 e. The molecule has 1 N–H and O–H groups in total. The van der Waals surface area contributed by atoms with Crippen LogP contribution in [0.25, 0.3) is 0 Å². The summed E-state index contributed by atoms with van der Waals surface area (Å²) in [6, 6.07) is 0. The molecule has 0 aliphatic carbocycles. The summed E-state index contributed by atoms with van der Waals surface area (Å²) in [7, 11) is 6.40. The maximum atomic E-state index is 4.63. The van der Waals surface area contributed by atoms with Gasteiger partial charge in [0.1, 0.15) is 5.01 Å². The van der Waals surface area contributed by atoms with Gasteiger partial charge in [-0.3, -0.25) is 0 Å². The average molecular weight is 270 g/mol. The fourth-order valence-electron chi connectivity index (χ4n) is 1.75. The lowest BCUT2D eigenvalue weighted by Crippen LogP contribution is -2.23. The summed E-state index contributed by atoms with van der Waals surface area (Å²) in [6.45, 7) is 7.24. The van der Waals surface area contributed by atoms with Crippen LogP contribution in [0.1, 0.15) is 24.0 Å². The molecule has 5 heteroatoms. The van der Waals surface area contributed by atoms with Gasteiger partial charge >= 0.3 is 0 Å². The Kier molecular flexibility index (Phi) is 7.42. The highest BCUT2D eigenvalue weighted by Gasteiger charge is 2.05. The topological polar surface area (TPSA) is 31.4 Å². The first-order valence-corrected chi connectivity index (χ1v) is 7.47. The lowest BCUT2D eigenvalue weighted by Gasteiger charge is -2.16. The van der Waals surface area contributed by atoms with Gasteiger partial charge in [-0.25, -0.2) is 4.98 Å². The van der Waals surface area contributed by atoms with E-state index in [-0.39, 0.29) is 0 Å². The number of thiazole rings is 1. The van der Waals surface area contributed by atoms with E-state index in [9.17, 15) is 0 Å². The maximum Gasteiger partial charge on any atom is 0.107 e. The molecule has 1 heterocycles. The summed E-state index contributed by atoms with van der Waals surface area (Å²) in [5.74, 6) is 0. The van der Waals surface area contributed by atoms with E-state index in [2.05, 4.69) is 53.5 Å². The van der Waals surface area contributed by atoms with Crippen LogP contribution in [-0.2, 0) is 13.1 Å². The van der Waals surface area contributed by atoms with Crippen molar-refractivity contribution in [3.8, 4) is 0 Å². The molecule has 0 aliphatic heterocycles. The molecular weight excluding hydrogens is 244 g/mol. The van der Waals surface area contributed by atoms with Gasteiger partial charge in [0.2, 0.25) is 0 Å². The van der Waals surface area contributed by atoms with Crippen LogP contribution in [0.15, 0.2) is 5.38 Å². The van der Waals surface area contributed by atoms with Gasteiger partial charge in [-0.05, 0) is 47.2 Å². The molecule has 0 bridgehead atoms. The van der Waals surface area contributed by atoms with Crippen molar-refractivity contribution in [1.29, 1.82) is 0 Å². The van der Waals surface area contributed by atoms with Gasteiger partial charge in [0.05, 0.1) is 5.69 Å². The van der Waals surface area contributed by atoms with Gasteiger partial charge in [0.25, 0.3) is 0 Å². The number of nitrogens with one attached hydrogen (secondary N) is 1. The van der Waals surface area contributed by atoms with Crippen LogP contribution >= 0.6 is 11.3 Å². The lowest BCUT2D eigenvalue weighted by atomic mass is 10.3. The second kappa shape index (κ2) is 8.58. The quantitative estimate of drug-likeness (QED) is 0.739. The first-order valence-electron chi connectivity index (χ1n) is 6.59. The van der Waals surface area contributed by atoms with Crippen molar-refractivity contribution in [2.45, 2.75) is 26.4 Å². The zero-order chi connectivity index (χ0) is 13.4. The van der Waals surface area contributed by atoms with E-state index in [1.54, 1.807) is 11.3 Å². The molecule has 0 amide bonds. The summed E-state index contributed by atoms with van der Waals surface area (Å²) in [5.41, 5.74) is 1.19. The Morgan fingerprint density at radius 3 is 2.72 bits per heavy atom. The monoisotopic (exact) mass is 270 g/mol. The fourth-order valence-corrected chi connectivity index (χ4v) is 2.50. The summed E-state index contributed by atoms with van der Waals surface area (Å²) >= 11 is 1.75. The highest BCUT2D eigenvalue weighted by atomic mass is 32.1. The zero-order valence-electron chi connectivity index (χ0n) is 12.1. The van der Waals surface area contributed by atoms with Crippen LogP contribution in [0, 0.1) is 0 Å². The normalized spacial score (nSPS) is 11.7. The molecule has 4 nitrogen and oxygen atoms in total. The predicted molar refractivity (Wildman–Crippen MR) is 79.0 cm³/mol. The van der Waals surface area contributed by atoms with Crippen LogP contribution in [0.2, 0.25) is 0 Å². The molecule has 1 aromatic rings. The highest BCUT2D eigenvalue weighted by Crippen LogP contribution is 2.11. The molecule has 0 aliphatic rings. The van der Waals surface area contributed by atoms with Gasteiger partial charge in [-0.2, -0.15) is 0 Å². The Hall–Kier alpha value is -0.490. The minimum absolute atomic E-state index is 0.894. The SMILES string of the molecule is CCNCc1nc(CN(C)CCCN(C)C)cs1. The van der Waals surface area contributed by atoms with Crippen molar-refractivity contribution in [3.63, 3.8) is 0 Å². The molecule has 18 heavy (non-hydrogen) atoms.